The summed E-state index contributed by atoms with van der Waals surface area (Å²) in [5.41, 5.74) is 9.03. The molecule has 6 heteroatoms. The van der Waals surface area contributed by atoms with Gasteiger partial charge >= 0.3 is 0 Å². The number of hydrogen-bond acceptors (Lipinski definition) is 3. The lowest BCUT2D eigenvalue weighted by atomic mass is 10.0. The number of primary amides is 1. The first kappa shape index (κ1) is 18.2. The highest BCUT2D eigenvalue weighted by Crippen LogP contribution is 2.27. The van der Waals surface area contributed by atoms with Crippen LogP contribution in [0, 0.1) is 27.7 Å². The molecule has 5 nitrogen and oxygen atoms in total. The molecular formula is C18H22N2O3S. The second-order valence-electron chi connectivity index (χ2n) is 5.96. The molecule has 0 heterocycles. The Bertz CT molecular complexity index is 849. The van der Waals surface area contributed by atoms with Gasteiger partial charge in [-0.25, -0.2) is 8.42 Å². The highest BCUT2D eigenvalue weighted by molar-refractivity contribution is 7.89. The predicted molar refractivity (Wildman–Crippen MR) is 94.1 cm³/mol. The minimum absolute atomic E-state index is 0.210. The maximum absolute atomic E-state index is 12.9. The topological polar surface area (TPSA) is 89.3 Å². The number of rotatable bonds is 5. The average Bonchev–Trinajstić information content (AvgIpc) is 2.51. The van der Waals surface area contributed by atoms with Crippen molar-refractivity contribution in [1.82, 2.24) is 4.72 Å². The first-order valence-corrected chi connectivity index (χ1v) is 9.07. The first-order chi connectivity index (χ1) is 11.1. The van der Waals surface area contributed by atoms with Crippen molar-refractivity contribution in [3.05, 3.63) is 64.2 Å². The van der Waals surface area contributed by atoms with E-state index in [1.54, 1.807) is 44.2 Å². The van der Waals surface area contributed by atoms with Gasteiger partial charge in [0.1, 0.15) is 6.04 Å². The van der Waals surface area contributed by atoms with E-state index in [1.165, 1.54) is 0 Å². The van der Waals surface area contributed by atoms with Crippen LogP contribution in [0.3, 0.4) is 0 Å². The van der Waals surface area contributed by atoms with Crippen molar-refractivity contribution < 1.29 is 13.2 Å². The molecule has 0 spiro atoms. The molecular weight excluding hydrogens is 324 g/mol. The third-order valence-electron chi connectivity index (χ3n) is 4.26. The summed E-state index contributed by atoms with van der Waals surface area (Å²) in [7, 11) is -3.91. The van der Waals surface area contributed by atoms with E-state index in [9.17, 15) is 13.2 Å². The van der Waals surface area contributed by atoms with E-state index in [1.807, 2.05) is 19.9 Å². The van der Waals surface area contributed by atoms with Crippen LogP contribution < -0.4 is 10.5 Å². The van der Waals surface area contributed by atoms with Crippen molar-refractivity contribution >= 4 is 15.9 Å². The van der Waals surface area contributed by atoms with Gasteiger partial charge in [-0.2, -0.15) is 4.72 Å². The van der Waals surface area contributed by atoms with E-state index < -0.39 is 22.0 Å². The largest absolute Gasteiger partial charge is 0.368 e. The average molecular weight is 346 g/mol. The minimum Gasteiger partial charge on any atom is -0.368 e. The molecule has 128 valence electrons. The fraction of sp³-hybridized carbons (Fsp3) is 0.278. The van der Waals surface area contributed by atoms with Gasteiger partial charge in [0.15, 0.2) is 0 Å². The molecule has 0 bridgehead atoms. The van der Waals surface area contributed by atoms with Gasteiger partial charge in [0.25, 0.3) is 0 Å². The highest BCUT2D eigenvalue weighted by atomic mass is 32.2. The van der Waals surface area contributed by atoms with Gasteiger partial charge in [0.2, 0.25) is 15.9 Å². The zero-order chi connectivity index (χ0) is 18.1. The van der Waals surface area contributed by atoms with Gasteiger partial charge in [0, 0.05) is 0 Å². The van der Waals surface area contributed by atoms with Gasteiger partial charge in [0.05, 0.1) is 4.90 Å². The van der Waals surface area contributed by atoms with Crippen LogP contribution in [0.4, 0.5) is 0 Å². The predicted octanol–water partition coefficient (Wildman–Crippen LogP) is 2.43. The Balaban J connectivity index is 2.54. The van der Waals surface area contributed by atoms with Gasteiger partial charge in [-0.05, 0) is 55.5 Å². The summed E-state index contributed by atoms with van der Waals surface area (Å²) in [6, 6.07) is 9.41. The van der Waals surface area contributed by atoms with Crippen molar-refractivity contribution in [1.29, 1.82) is 0 Å². The van der Waals surface area contributed by atoms with E-state index in [0.717, 1.165) is 11.1 Å². The zero-order valence-corrected chi connectivity index (χ0v) is 15.1. The number of sulfonamides is 1. The fourth-order valence-electron chi connectivity index (χ4n) is 2.73. The smallest absolute Gasteiger partial charge is 0.242 e. The van der Waals surface area contributed by atoms with Gasteiger partial charge < -0.3 is 5.73 Å². The SMILES string of the molecule is Cc1cc(C)c(C)c(S(=O)(=O)NC(C(N)=O)c2ccccc2)c1C. The number of aryl methyl sites for hydroxylation is 2. The summed E-state index contributed by atoms with van der Waals surface area (Å²) in [6.07, 6.45) is 0. The standard InChI is InChI=1S/C18H22N2O3S/c1-11-10-12(2)14(4)17(13(11)3)24(22,23)20-16(18(19)21)15-8-6-5-7-9-15/h5-10,16,20H,1-4H3,(H2,19,21). The zero-order valence-electron chi connectivity index (χ0n) is 14.3. The second-order valence-corrected chi connectivity index (χ2v) is 7.61. The molecule has 0 aliphatic rings. The molecule has 2 rings (SSSR count). The summed E-state index contributed by atoms with van der Waals surface area (Å²) in [4.78, 5) is 12.0. The van der Waals surface area contributed by atoms with Crippen LogP contribution in [0.1, 0.15) is 33.9 Å². The number of nitrogens with two attached hydrogens (primary N) is 1. The Morgan fingerprint density at radius 3 is 1.96 bits per heavy atom. The van der Waals surface area contributed by atoms with Crippen LogP contribution in [0.15, 0.2) is 41.3 Å². The van der Waals surface area contributed by atoms with Crippen LogP contribution >= 0.6 is 0 Å². The molecule has 3 N–H and O–H groups in total. The first-order valence-electron chi connectivity index (χ1n) is 7.59. The van der Waals surface area contributed by atoms with Crippen molar-refractivity contribution in [2.45, 2.75) is 38.6 Å². The Morgan fingerprint density at radius 1 is 1.00 bits per heavy atom. The summed E-state index contributed by atoms with van der Waals surface area (Å²) in [5.74, 6) is -0.746. The molecule has 1 unspecified atom stereocenters. The van der Waals surface area contributed by atoms with Crippen LogP contribution in [-0.2, 0) is 14.8 Å². The summed E-state index contributed by atoms with van der Waals surface area (Å²) in [6.45, 7) is 7.25. The van der Waals surface area contributed by atoms with E-state index in [0.29, 0.717) is 16.7 Å². The molecule has 2 aromatic carbocycles. The lowest BCUT2D eigenvalue weighted by molar-refractivity contribution is -0.119. The van der Waals surface area contributed by atoms with Crippen molar-refractivity contribution in [3.8, 4) is 0 Å². The molecule has 1 atom stereocenters. The Kier molecular flexibility index (Phi) is 5.11. The van der Waals surface area contributed by atoms with Gasteiger partial charge in [-0.1, -0.05) is 36.4 Å². The normalized spacial score (nSPS) is 12.8. The fourth-order valence-corrected chi connectivity index (χ4v) is 4.54. The number of carbonyl (C=O) groups excluding carboxylic acids is 1. The van der Waals surface area contributed by atoms with Crippen molar-refractivity contribution in [2.24, 2.45) is 5.73 Å². The maximum atomic E-state index is 12.9. The molecule has 0 fully saturated rings. The highest BCUT2D eigenvalue weighted by Gasteiger charge is 2.28. The minimum atomic E-state index is -3.91. The molecule has 24 heavy (non-hydrogen) atoms. The maximum Gasteiger partial charge on any atom is 0.242 e. The van der Waals surface area contributed by atoms with E-state index in [2.05, 4.69) is 4.72 Å². The number of nitrogens with one attached hydrogen (secondary N) is 1. The third kappa shape index (κ3) is 3.49. The van der Waals surface area contributed by atoms with Crippen molar-refractivity contribution in [2.75, 3.05) is 0 Å². The quantitative estimate of drug-likeness (QED) is 0.871. The molecule has 0 saturated heterocycles. The number of hydrogen-bond donors (Lipinski definition) is 2. The van der Waals surface area contributed by atoms with E-state index in [-0.39, 0.29) is 4.90 Å². The Labute approximate surface area is 142 Å². The van der Waals surface area contributed by atoms with Crippen LogP contribution in [0.25, 0.3) is 0 Å². The Hall–Kier alpha value is -2.18. The second kappa shape index (κ2) is 6.75. The van der Waals surface area contributed by atoms with Crippen LogP contribution in [-0.4, -0.2) is 14.3 Å². The molecule has 0 aliphatic heterocycles. The molecule has 0 radical (unpaired) electrons. The number of benzene rings is 2. The summed E-state index contributed by atoms with van der Waals surface area (Å²) >= 11 is 0. The van der Waals surface area contributed by atoms with Crippen molar-refractivity contribution in [3.63, 3.8) is 0 Å². The lowest BCUT2D eigenvalue weighted by Crippen LogP contribution is -2.38. The molecule has 0 aromatic heterocycles. The molecule has 0 aliphatic carbocycles. The molecule has 2 aromatic rings. The third-order valence-corrected chi connectivity index (χ3v) is 5.95. The van der Waals surface area contributed by atoms with Gasteiger partial charge in [-0.15, -0.1) is 0 Å². The lowest BCUT2D eigenvalue weighted by Gasteiger charge is -2.20. The van der Waals surface area contributed by atoms with Crippen LogP contribution in [0.2, 0.25) is 0 Å². The molecule has 0 saturated carbocycles. The van der Waals surface area contributed by atoms with Gasteiger partial charge in [-0.3, -0.25) is 4.79 Å². The summed E-state index contributed by atoms with van der Waals surface area (Å²) < 4.78 is 28.4. The van der Waals surface area contributed by atoms with E-state index in [4.69, 9.17) is 5.73 Å². The van der Waals surface area contributed by atoms with E-state index >= 15 is 0 Å². The van der Waals surface area contributed by atoms with Crippen LogP contribution in [0.5, 0.6) is 0 Å². The monoisotopic (exact) mass is 346 g/mol. The summed E-state index contributed by atoms with van der Waals surface area (Å²) in [5, 5.41) is 0. The Morgan fingerprint density at radius 2 is 1.50 bits per heavy atom. The number of amides is 1. The number of carbonyl (C=O) groups is 1. The molecule has 1 amide bonds.